The molecule has 1 saturated heterocycles. The maximum atomic E-state index is 12.1. The number of amides is 1. The first-order valence-electron chi connectivity index (χ1n) is 14.0. The SMILES string of the molecule is CCc1nc2c(C)cc(C)nc2n1Cc1ccc(-c2cc(CN3CCCC3)ccc2CNC(=O)COC)cc1. The van der Waals surface area contributed by atoms with Crippen molar-refractivity contribution in [3.63, 3.8) is 0 Å². The lowest BCUT2D eigenvalue weighted by atomic mass is 9.96. The highest BCUT2D eigenvalue weighted by Gasteiger charge is 2.16. The van der Waals surface area contributed by atoms with E-state index in [1.165, 1.54) is 36.6 Å². The van der Waals surface area contributed by atoms with E-state index < -0.39 is 0 Å². The van der Waals surface area contributed by atoms with Crippen LogP contribution in [0, 0.1) is 13.8 Å². The number of aryl methyl sites for hydroxylation is 3. The number of nitrogens with one attached hydrogen (secondary N) is 1. The van der Waals surface area contributed by atoms with Gasteiger partial charge >= 0.3 is 0 Å². The highest BCUT2D eigenvalue weighted by atomic mass is 16.5. The maximum absolute atomic E-state index is 12.1. The Morgan fingerprint density at radius 3 is 2.44 bits per heavy atom. The van der Waals surface area contributed by atoms with E-state index in [1.807, 2.05) is 6.92 Å². The molecule has 204 valence electrons. The van der Waals surface area contributed by atoms with Gasteiger partial charge < -0.3 is 14.6 Å². The Morgan fingerprint density at radius 1 is 0.974 bits per heavy atom. The van der Waals surface area contributed by atoms with Crippen molar-refractivity contribution in [3.05, 3.63) is 82.3 Å². The fraction of sp³-hybridized carbons (Fsp3) is 0.406. The maximum Gasteiger partial charge on any atom is 0.246 e. The number of aromatic nitrogens is 3. The molecular formula is C32H39N5O2. The summed E-state index contributed by atoms with van der Waals surface area (Å²) in [5.41, 5.74) is 10.0. The smallest absolute Gasteiger partial charge is 0.246 e. The molecule has 7 nitrogen and oxygen atoms in total. The molecule has 1 fully saturated rings. The predicted octanol–water partition coefficient (Wildman–Crippen LogP) is 5.18. The zero-order valence-electron chi connectivity index (χ0n) is 23.6. The van der Waals surface area contributed by atoms with Gasteiger partial charge in [-0.2, -0.15) is 0 Å². The zero-order chi connectivity index (χ0) is 27.4. The van der Waals surface area contributed by atoms with Crippen LogP contribution in [0.4, 0.5) is 0 Å². The average Bonchev–Trinajstić information content (AvgIpc) is 3.56. The molecule has 0 radical (unpaired) electrons. The summed E-state index contributed by atoms with van der Waals surface area (Å²) in [5.74, 6) is 0.942. The van der Waals surface area contributed by atoms with Crippen molar-refractivity contribution < 1.29 is 9.53 Å². The summed E-state index contributed by atoms with van der Waals surface area (Å²) < 4.78 is 7.23. The molecule has 7 heteroatoms. The summed E-state index contributed by atoms with van der Waals surface area (Å²) in [7, 11) is 1.54. The molecule has 5 rings (SSSR count). The second-order valence-corrected chi connectivity index (χ2v) is 10.6. The molecule has 0 bridgehead atoms. The molecule has 3 heterocycles. The van der Waals surface area contributed by atoms with Crippen molar-refractivity contribution in [2.24, 2.45) is 0 Å². The predicted molar refractivity (Wildman–Crippen MR) is 156 cm³/mol. The van der Waals surface area contributed by atoms with Crippen LogP contribution in [0.1, 0.15) is 53.5 Å². The van der Waals surface area contributed by atoms with Crippen molar-refractivity contribution in [2.75, 3.05) is 26.8 Å². The molecule has 0 aliphatic carbocycles. The summed E-state index contributed by atoms with van der Waals surface area (Å²) >= 11 is 0. The number of likely N-dealkylation sites (tertiary alicyclic amines) is 1. The van der Waals surface area contributed by atoms with Crippen molar-refractivity contribution in [2.45, 2.75) is 59.7 Å². The number of rotatable bonds is 10. The van der Waals surface area contributed by atoms with Gasteiger partial charge in [0.25, 0.3) is 0 Å². The largest absolute Gasteiger partial charge is 0.375 e. The molecule has 2 aromatic heterocycles. The van der Waals surface area contributed by atoms with Crippen LogP contribution in [-0.4, -0.2) is 52.1 Å². The lowest BCUT2D eigenvalue weighted by Gasteiger charge is -2.18. The fourth-order valence-corrected chi connectivity index (χ4v) is 5.58. The Morgan fingerprint density at radius 2 is 1.72 bits per heavy atom. The Kier molecular flexibility index (Phi) is 8.38. The lowest BCUT2D eigenvalue weighted by molar-refractivity contribution is -0.124. The number of carbonyl (C=O) groups is 1. The number of benzene rings is 2. The second-order valence-electron chi connectivity index (χ2n) is 10.6. The molecule has 0 atom stereocenters. The third-order valence-electron chi connectivity index (χ3n) is 7.55. The Bertz CT molecular complexity index is 1450. The van der Waals surface area contributed by atoms with Gasteiger partial charge in [-0.15, -0.1) is 0 Å². The van der Waals surface area contributed by atoms with Crippen LogP contribution in [-0.2, 0) is 35.6 Å². The topological polar surface area (TPSA) is 72.3 Å². The minimum Gasteiger partial charge on any atom is -0.375 e. The fourth-order valence-electron chi connectivity index (χ4n) is 5.58. The highest BCUT2D eigenvalue weighted by Crippen LogP contribution is 2.28. The summed E-state index contributed by atoms with van der Waals surface area (Å²) in [6, 6.07) is 17.5. The van der Waals surface area contributed by atoms with E-state index in [0.29, 0.717) is 6.54 Å². The van der Waals surface area contributed by atoms with Gasteiger partial charge in [-0.05, 0) is 85.3 Å². The Labute approximate surface area is 231 Å². The first-order valence-corrected chi connectivity index (χ1v) is 14.0. The zero-order valence-corrected chi connectivity index (χ0v) is 23.6. The third kappa shape index (κ3) is 6.21. The summed E-state index contributed by atoms with van der Waals surface area (Å²) in [4.78, 5) is 24.3. The van der Waals surface area contributed by atoms with Crippen molar-refractivity contribution in [3.8, 4) is 11.1 Å². The number of hydrogen-bond acceptors (Lipinski definition) is 5. The first-order chi connectivity index (χ1) is 18.9. The number of imidazole rings is 1. The van der Waals surface area contributed by atoms with Crippen molar-refractivity contribution in [1.82, 2.24) is 24.8 Å². The normalized spacial score (nSPS) is 13.8. The molecule has 39 heavy (non-hydrogen) atoms. The summed E-state index contributed by atoms with van der Waals surface area (Å²) in [6.07, 6.45) is 3.41. The molecule has 0 unspecified atom stereocenters. The quantitative estimate of drug-likeness (QED) is 0.309. The number of fused-ring (bicyclic) bond motifs is 1. The van der Waals surface area contributed by atoms with Crippen LogP contribution in [0.15, 0.2) is 48.5 Å². The Balaban J connectivity index is 1.43. The van der Waals surface area contributed by atoms with Crippen LogP contribution in [0.2, 0.25) is 0 Å². The molecule has 4 aromatic rings. The van der Waals surface area contributed by atoms with Gasteiger partial charge in [-0.1, -0.05) is 43.3 Å². The van der Waals surface area contributed by atoms with Gasteiger partial charge in [0.1, 0.15) is 17.9 Å². The third-order valence-corrected chi connectivity index (χ3v) is 7.55. The number of nitrogens with zero attached hydrogens (tertiary/aromatic N) is 4. The number of carbonyl (C=O) groups excluding carboxylic acids is 1. The molecule has 1 aliphatic rings. The number of pyridine rings is 1. The number of hydrogen-bond donors (Lipinski definition) is 1. The molecule has 2 aromatic carbocycles. The van der Waals surface area contributed by atoms with E-state index in [1.54, 1.807) is 0 Å². The van der Waals surface area contributed by atoms with Gasteiger partial charge in [-0.25, -0.2) is 9.97 Å². The number of ether oxygens (including phenoxy) is 1. The standard InChI is InChI=1S/C32H39N5O2/c1-5-29-35-31-22(2)16-23(3)34-32(31)37(29)20-24-8-11-26(12-9-24)28-17-25(19-36-14-6-7-15-36)10-13-27(28)18-33-30(38)21-39-4/h8-13,16-17H,5-7,14-15,18-21H2,1-4H3,(H,33,38). The van der Waals surface area contributed by atoms with Gasteiger partial charge in [0, 0.05) is 32.3 Å². The van der Waals surface area contributed by atoms with E-state index in [2.05, 4.69) is 77.2 Å². The molecule has 0 spiro atoms. The molecule has 0 saturated carbocycles. The first kappa shape index (κ1) is 27.0. The van der Waals surface area contributed by atoms with E-state index >= 15 is 0 Å². The van der Waals surface area contributed by atoms with Crippen LogP contribution in [0.3, 0.4) is 0 Å². The monoisotopic (exact) mass is 525 g/mol. The van der Waals surface area contributed by atoms with E-state index in [9.17, 15) is 4.79 Å². The minimum atomic E-state index is -0.113. The molecular weight excluding hydrogens is 486 g/mol. The lowest BCUT2D eigenvalue weighted by Crippen LogP contribution is -2.26. The van der Waals surface area contributed by atoms with Gasteiger partial charge in [0.2, 0.25) is 5.91 Å². The average molecular weight is 526 g/mol. The van der Waals surface area contributed by atoms with E-state index in [-0.39, 0.29) is 12.5 Å². The number of methoxy groups -OCH3 is 1. The van der Waals surface area contributed by atoms with Gasteiger partial charge in [0.05, 0.1) is 6.54 Å². The molecule has 1 aliphatic heterocycles. The molecule has 1 amide bonds. The summed E-state index contributed by atoms with van der Waals surface area (Å²) in [6.45, 7) is 10.8. The highest BCUT2D eigenvalue weighted by molar-refractivity contribution is 5.78. The van der Waals surface area contributed by atoms with Crippen molar-refractivity contribution >= 4 is 17.1 Å². The molecule has 1 N–H and O–H groups in total. The van der Waals surface area contributed by atoms with Crippen molar-refractivity contribution in [1.29, 1.82) is 0 Å². The second kappa shape index (κ2) is 12.1. The minimum absolute atomic E-state index is 0.0632. The van der Waals surface area contributed by atoms with Gasteiger partial charge in [-0.3, -0.25) is 9.69 Å². The summed E-state index contributed by atoms with van der Waals surface area (Å²) in [5, 5.41) is 2.99. The van der Waals surface area contributed by atoms with Gasteiger partial charge in [0.15, 0.2) is 5.65 Å². The van der Waals surface area contributed by atoms with Crippen LogP contribution in [0.25, 0.3) is 22.3 Å². The Hall–Kier alpha value is -3.55. The van der Waals surface area contributed by atoms with Crippen LogP contribution in [0.5, 0.6) is 0 Å². The van der Waals surface area contributed by atoms with E-state index in [0.717, 1.165) is 72.0 Å². The van der Waals surface area contributed by atoms with Crippen LogP contribution >= 0.6 is 0 Å². The van der Waals surface area contributed by atoms with E-state index in [4.69, 9.17) is 14.7 Å². The van der Waals surface area contributed by atoms with Crippen LogP contribution < -0.4 is 5.32 Å².